The monoisotopic (exact) mass is 568 g/mol. The maximum Gasteiger partial charge on any atom is 0.338 e. The molecule has 0 unspecified atom stereocenters. The van der Waals surface area contributed by atoms with Crippen molar-refractivity contribution in [3.8, 4) is 0 Å². The van der Waals surface area contributed by atoms with Crippen molar-refractivity contribution in [2.24, 2.45) is 4.99 Å². The fourth-order valence-electron chi connectivity index (χ4n) is 3.32. The molecule has 31 heavy (non-hydrogen) atoms. The fourth-order valence-corrected chi connectivity index (χ4v) is 4.95. The Labute approximate surface area is 196 Å². The molecule has 3 aromatic rings. The zero-order valence-corrected chi connectivity index (χ0v) is 20.3. The van der Waals surface area contributed by atoms with Gasteiger partial charge in [-0.3, -0.25) is 9.36 Å². The molecule has 2 aromatic heterocycles. The number of carbonyl (C=O) groups is 1. The predicted octanol–water partition coefficient (Wildman–Crippen LogP) is 4.06. The van der Waals surface area contributed by atoms with Gasteiger partial charge in [-0.25, -0.2) is 14.2 Å². The summed E-state index contributed by atoms with van der Waals surface area (Å²) >= 11 is 7.81. The molecule has 3 heterocycles. The van der Waals surface area contributed by atoms with Crippen molar-refractivity contribution in [2.45, 2.75) is 19.9 Å². The summed E-state index contributed by atoms with van der Waals surface area (Å²) in [5, 5.41) is 0. The fraction of sp³-hybridized carbons (Fsp3) is 0.190. The lowest BCUT2D eigenvalue weighted by atomic mass is 9.96. The zero-order valence-electron chi connectivity index (χ0n) is 16.3. The van der Waals surface area contributed by atoms with Crippen molar-refractivity contribution in [3.63, 3.8) is 0 Å². The molecule has 0 saturated heterocycles. The average molecular weight is 570 g/mol. The lowest BCUT2D eigenvalue weighted by molar-refractivity contribution is -0.139. The highest BCUT2D eigenvalue weighted by Gasteiger charge is 2.33. The van der Waals surface area contributed by atoms with Crippen molar-refractivity contribution >= 4 is 55.2 Å². The minimum absolute atomic E-state index is 0.179. The number of hydrogen-bond donors (Lipinski definition) is 0. The van der Waals surface area contributed by atoms with Gasteiger partial charge in [-0.15, -0.1) is 0 Å². The molecule has 0 saturated carbocycles. The van der Waals surface area contributed by atoms with E-state index in [0.29, 0.717) is 31.0 Å². The summed E-state index contributed by atoms with van der Waals surface area (Å²) in [5.74, 6) is -0.501. The van der Waals surface area contributed by atoms with Gasteiger partial charge in [0.15, 0.2) is 9.47 Å². The van der Waals surface area contributed by atoms with Crippen LogP contribution in [0.5, 0.6) is 0 Å². The van der Waals surface area contributed by atoms with Crippen LogP contribution in [0.2, 0.25) is 0 Å². The highest BCUT2D eigenvalue weighted by Crippen LogP contribution is 2.31. The van der Waals surface area contributed by atoms with Crippen LogP contribution < -0.4 is 14.9 Å². The van der Waals surface area contributed by atoms with Crippen LogP contribution in [0.3, 0.4) is 0 Å². The smallest absolute Gasteiger partial charge is 0.338 e. The number of carbonyl (C=O) groups excluding carboxylic acids is 1. The third kappa shape index (κ3) is 4.11. The van der Waals surface area contributed by atoms with E-state index in [1.165, 1.54) is 28.0 Å². The molecule has 1 aromatic carbocycles. The van der Waals surface area contributed by atoms with Gasteiger partial charge in [-0.2, -0.15) is 0 Å². The minimum Gasteiger partial charge on any atom is -0.463 e. The van der Waals surface area contributed by atoms with Gasteiger partial charge in [-0.1, -0.05) is 23.5 Å². The lowest BCUT2D eigenvalue weighted by Gasteiger charge is -2.24. The first-order chi connectivity index (χ1) is 14.8. The second kappa shape index (κ2) is 8.68. The van der Waals surface area contributed by atoms with Gasteiger partial charge in [0.2, 0.25) is 0 Å². The Kier molecular flexibility index (Phi) is 6.14. The molecule has 0 amide bonds. The van der Waals surface area contributed by atoms with E-state index in [1.807, 2.05) is 0 Å². The molecule has 160 valence electrons. The number of thiazole rings is 1. The van der Waals surface area contributed by atoms with Gasteiger partial charge in [0.25, 0.3) is 5.56 Å². The number of esters is 1. The van der Waals surface area contributed by atoms with Crippen LogP contribution >= 0.6 is 43.2 Å². The average Bonchev–Trinajstić information content (AvgIpc) is 3.20. The number of nitrogens with zero attached hydrogens (tertiary/aromatic N) is 2. The van der Waals surface area contributed by atoms with Gasteiger partial charge < -0.3 is 9.15 Å². The van der Waals surface area contributed by atoms with Gasteiger partial charge in [0, 0.05) is 6.08 Å². The number of allylic oxidation sites excluding steroid dienone is 1. The number of hydrogen-bond acceptors (Lipinski definition) is 6. The SMILES string of the molecule is CCOC(=O)C1=C(C)N=c2s/c(=C/c3cc(Br)c(Br)o3)c(=O)n2[C@@H]1c1ccc(F)cc1. The van der Waals surface area contributed by atoms with E-state index in [4.69, 9.17) is 9.15 Å². The molecule has 0 aliphatic carbocycles. The third-order valence-corrected chi connectivity index (χ3v) is 7.33. The van der Waals surface area contributed by atoms with E-state index in [2.05, 4.69) is 36.9 Å². The van der Waals surface area contributed by atoms with Crippen LogP contribution in [-0.2, 0) is 9.53 Å². The summed E-state index contributed by atoms with van der Waals surface area (Å²) in [6.07, 6.45) is 1.62. The normalized spacial score (nSPS) is 16.3. The Morgan fingerprint density at radius 3 is 2.68 bits per heavy atom. The number of aromatic nitrogens is 1. The van der Waals surface area contributed by atoms with Crippen LogP contribution in [0.4, 0.5) is 4.39 Å². The maximum absolute atomic E-state index is 13.6. The molecule has 1 aliphatic heterocycles. The Bertz CT molecular complexity index is 1370. The second-order valence-corrected chi connectivity index (χ2v) is 9.21. The van der Waals surface area contributed by atoms with E-state index >= 15 is 0 Å². The second-order valence-electron chi connectivity index (χ2n) is 6.62. The van der Waals surface area contributed by atoms with E-state index in [1.54, 1.807) is 38.1 Å². The summed E-state index contributed by atoms with van der Waals surface area (Å²) in [6.45, 7) is 3.58. The Morgan fingerprint density at radius 1 is 1.35 bits per heavy atom. The first-order valence-electron chi connectivity index (χ1n) is 9.20. The highest BCUT2D eigenvalue weighted by molar-refractivity contribution is 9.13. The molecule has 10 heteroatoms. The Hall–Kier alpha value is -2.30. The summed E-state index contributed by atoms with van der Waals surface area (Å²) < 4.78 is 27.4. The van der Waals surface area contributed by atoms with Crippen LogP contribution in [0, 0.1) is 5.82 Å². The molecule has 1 aliphatic rings. The van der Waals surface area contributed by atoms with Crippen molar-refractivity contribution < 1.29 is 18.3 Å². The summed E-state index contributed by atoms with van der Waals surface area (Å²) in [6, 6.07) is 6.64. The standard InChI is InChI=1S/C21H15Br2FN2O4S/c1-3-29-20(28)16-10(2)25-21-26(17(16)11-4-6-12(24)7-5-11)19(27)15(31-21)9-13-8-14(22)18(23)30-13/h4-9,17H,3H2,1-2H3/b15-9+/t17-/m1/s1. The van der Waals surface area contributed by atoms with E-state index < -0.39 is 17.8 Å². The van der Waals surface area contributed by atoms with Crippen molar-refractivity contribution in [1.29, 1.82) is 0 Å². The third-order valence-electron chi connectivity index (χ3n) is 4.64. The van der Waals surface area contributed by atoms with Gasteiger partial charge >= 0.3 is 5.97 Å². The Balaban J connectivity index is 1.96. The summed E-state index contributed by atoms with van der Waals surface area (Å²) in [4.78, 5) is 31.0. The molecule has 0 N–H and O–H groups in total. The predicted molar refractivity (Wildman–Crippen MR) is 121 cm³/mol. The van der Waals surface area contributed by atoms with E-state index in [9.17, 15) is 14.0 Å². The number of ether oxygens (including phenoxy) is 1. The molecule has 6 nitrogen and oxygen atoms in total. The lowest BCUT2D eigenvalue weighted by Crippen LogP contribution is -2.39. The van der Waals surface area contributed by atoms with Crippen LogP contribution in [-0.4, -0.2) is 17.1 Å². The van der Waals surface area contributed by atoms with Gasteiger partial charge in [-0.05, 0) is 69.5 Å². The number of rotatable bonds is 4. The van der Waals surface area contributed by atoms with E-state index in [0.717, 1.165) is 4.47 Å². The topological polar surface area (TPSA) is 73.8 Å². The van der Waals surface area contributed by atoms with Crippen molar-refractivity contribution in [2.75, 3.05) is 6.61 Å². The highest BCUT2D eigenvalue weighted by atomic mass is 79.9. The van der Waals surface area contributed by atoms with Crippen LogP contribution in [0.25, 0.3) is 6.08 Å². The minimum atomic E-state index is -0.784. The first-order valence-corrected chi connectivity index (χ1v) is 11.6. The van der Waals surface area contributed by atoms with E-state index in [-0.39, 0.29) is 17.7 Å². The van der Waals surface area contributed by atoms with Crippen LogP contribution in [0.1, 0.15) is 31.2 Å². The number of benzene rings is 1. The zero-order chi connectivity index (χ0) is 22.3. The number of fused-ring (bicyclic) bond motifs is 1. The Morgan fingerprint density at radius 2 is 2.06 bits per heavy atom. The first kappa shape index (κ1) is 21.9. The largest absolute Gasteiger partial charge is 0.463 e. The molecule has 0 bridgehead atoms. The number of furan rings is 1. The summed E-state index contributed by atoms with van der Waals surface area (Å²) in [7, 11) is 0. The van der Waals surface area contributed by atoms with Gasteiger partial charge in [0.05, 0.1) is 32.9 Å². The molecule has 0 radical (unpaired) electrons. The van der Waals surface area contributed by atoms with Gasteiger partial charge in [0.1, 0.15) is 11.6 Å². The molecular weight excluding hydrogens is 555 g/mol. The maximum atomic E-state index is 13.6. The van der Waals surface area contributed by atoms with Crippen molar-refractivity contribution in [3.05, 3.63) is 87.6 Å². The molecular formula is C21H15Br2FN2O4S. The molecule has 1 atom stereocenters. The molecule has 0 fully saturated rings. The van der Waals surface area contributed by atoms with Crippen molar-refractivity contribution in [1.82, 2.24) is 4.57 Å². The number of halogens is 3. The molecule has 0 spiro atoms. The van der Waals surface area contributed by atoms with Crippen LogP contribution in [0.15, 0.2) is 64.9 Å². The quantitative estimate of drug-likeness (QED) is 0.444. The molecule has 4 rings (SSSR count). The summed E-state index contributed by atoms with van der Waals surface area (Å²) in [5.41, 5.74) is 0.936.